The van der Waals surface area contributed by atoms with Gasteiger partial charge in [0.15, 0.2) is 11.5 Å². The lowest BCUT2D eigenvalue weighted by Crippen LogP contribution is -2.44. The molecule has 1 heterocycles. The largest absolute Gasteiger partial charge is 0.493 e. The molecule has 0 saturated heterocycles. The molecule has 1 amide bonds. The molecule has 4 rings (SSSR count). The van der Waals surface area contributed by atoms with E-state index in [4.69, 9.17) is 9.47 Å². The van der Waals surface area contributed by atoms with E-state index in [1.54, 1.807) is 14.2 Å². The van der Waals surface area contributed by atoms with Crippen LogP contribution in [0.2, 0.25) is 0 Å². The van der Waals surface area contributed by atoms with Gasteiger partial charge in [-0.2, -0.15) is 0 Å². The van der Waals surface area contributed by atoms with Gasteiger partial charge in [-0.05, 0) is 59.5 Å². The van der Waals surface area contributed by atoms with E-state index in [2.05, 4.69) is 22.3 Å². The first-order valence-corrected chi connectivity index (χ1v) is 9.86. The van der Waals surface area contributed by atoms with E-state index in [1.165, 1.54) is 11.1 Å². The summed E-state index contributed by atoms with van der Waals surface area (Å²) in [7, 11) is 3.29. The molecule has 5 nitrogen and oxygen atoms in total. The molecule has 0 aliphatic carbocycles. The minimum atomic E-state index is -0.234. The molecule has 0 fully saturated rings. The summed E-state index contributed by atoms with van der Waals surface area (Å²) in [5.74, 6) is 1.48. The molecular formula is C24H26N2O3. The Morgan fingerprint density at radius 1 is 0.966 bits per heavy atom. The predicted octanol–water partition coefficient (Wildman–Crippen LogP) is 4.24. The fraction of sp³-hybridized carbons (Fsp3) is 0.292. The lowest BCUT2D eigenvalue weighted by molar-refractivity contribution is -0.121. The van der Waals surface area contributed by atoms with Crippen LogP contribution in [0.3, 0.4) is 0 Å². The summed E-state index contributed by atoms with van der Waals surface area (Å²) in [6.45, 7) is 3.50. The smallest absolute Gasteiger partial charge is 0.241 e. The van der Waals surface area contributed by atoms with Crippen molar-refractivity contribution in [3.05, 3.63) is 65.7 Å². The molecule has 0 spiro atoms. The minimum Gasteiger partial charge on any atom is -0.493 e. The second kappa shape index (κ2) is 8.13. The van der Waals surface area contributed by atoms with Gasteiger partial charge in [0.2, 0.25) is 5.91 Å². The fourth-order valence-electron chi connectivity index (χ4n) is 3.92. The van der Waals surface area contributed by atoms with Crippen LogP contribution in [-0.4, -0.2) is 37.6 Å². The Morgan fingerprint density at radius 3 is 2.38 bits per heavy atom. The van der Waals surface area contributed by atoms with E-state index >= 15 is 0 Å². The second-order valence-electron chi connectivity index (χ2n) is 7.42. The lowest BCUT2D eigenvalue weighted by Gasteiger charge is -2.33. The zero-order valence-corrected chi connectivity index (χ0v) is 17.1. The molecule has 0 saturated carbocycles. The van der Waals surface area contributed by atoms with E-state index in [1.807, 2.05) is 49.4 Å². The molecule has 1 N–H and O–H groups in total. The second-order valence-corrected chi connectivity index (χ2v) is 7.42. The van der Waals surface area contributed by atoms with Gasteiger partial charge in [0, 0.05) is 18.8 Å². The monoisotopic (exact) mass is 390 g/mol. The maximum atomic E-state index is 12.9. The van der Waals surface area contributed by atoms with E-state index in [0.29, 0.717) is 6.54 Å². The summed E-state index contributed by atoms with van der Waals surface area (Å²) in [6, 6.07) is 18.0. The van der Waals surface area contributed by atoms with Crippen molar-refractivity contribution in [3.63, 3.8) is 0 Å². The van der Waals surface area contributed by atoms with Gasteiger partial charge >= 0.3 is 0 Å². The fourth-order valence-corrected chi connectivity index (χ4v) is 3.92. The van der Waals surface area contributed by atoms with E-state index in [9.17, 15) is 4.79 Å². The van der Waals surface area contributed by atoms with Gasteiger partial charge in [-0.25, -0.2) is 0 Å². The van der Waals surface area contributed by atoms with Crippen molar-refractivity contribution in [1.82, 2.24) is 4.90 Å². The molecule has 1 aliphatic heterocycles. The third-order valence-electron chi connectivity index (χ3n) is 5.69. The standard InChI is InChI=1S/C24H26N2O3/c1-16(24(27)25-21-9-8-17-6-4-5-7-18(17)12-21)26-11-10-19-13-22(28-2)23(29-3)14-20(19)15-26/h4-9,12-14,16H,10-11,15H2,1-3H3,(H,25,27). The Bertz CT molecular complexity index is 1050. The molecule has 1 unspecified atom stereocenters. The summed E-state index contributed by atoms with van der Waals surface area (Å²) in [5, 5.41) is 5.35. The van der Waals surface area contributed by atoms with Crippen molar-refractivity contribution in [2.75, 3.05) is 26.1 Å². The van der Waals surface area contributed by atoms with Crippen LogP contribution in [0.1, 0.15) is 18.1 Å². The first-order chi connectivity index (χ1) is 14.1. The Kier molecular flexibility index (Phi) is 5.41. The van der Waals surface area contributed by atoms with Crippen LogP contribution in [0.5, 0.6) is 11.5 Å². The SMILES string of the molecule is COc1cc2c(cc1OC)CN(C(C)C(=O)Nc1ccc3ccccc3c1)CC2. The summed E-state index contributed by atoms with van der Waals surface area (Å²) in [6.07, 6.45) is 0.878. The molecule has 3 aromatic carbocycles. The maximum Gasteiger partial charge on any atom is 0.241 e. The van der Waals surface area contributed by atoms with Crippen LogP contribution < -0.4 is 14.8 Å². The quantitative estimate of drug-likeness (QED) is 0.708. The molecule has 150 valence electrons. The lowest BCUT2D eigenvalue weighted by atomic mass is 9.97. The number of ether oxygens (including phenoxy) is 2. The zero-order chi connectivity index (χ0) is 20.4. The molecule has 0 radical (unpaired) electrons. The molecule has 0 aromatic heterocycles. The average Bonchev–Trinajstić information content (AvgIpc) is 2.77. The molecule has 5 heteroatoms. The van der Waals surface area contributed by atoms with Crippen LogP contribution in [0, 0.1) is 0 Å². The molecule has 1 aliphatic rings. The van der Waals surface area contributed by atoms with Crippen molar-refractivity contribution in [2.24, 2.45) is 0 Å². The van der Waals surface area contributed by atoms with Crippen LogP contribution in [-0.2, 0) is 17.8 Å². The first-order valence-electron chi connectivity index (χ1n) is 9.86. The number of hydrogen-bond donors (Lipinski definition) is 1. The molecule has 0 bridgehead atoms. The van der Waals surface area contributed by atoms with Gasteiger partial charge in [-0.15, -0.1) is 0 Å². The Balaban J connectivity index is 1.48. The van der Waals surface area contributed by atoms with Crippen molar-refractivity contribution < 1.29 is 14.3 Å². The van der Waals surface area contributed by atoms with E-state index in [-0.39, 0.29) is 11.9 Å². The van der Waals surface area contributed by atoms with Crippen molar-refractivity contribution >= 4 is 22.4 Å². The average molecular weight is 390 g/mol. The van der Waals surface area contributed by atoms with Gasteiger partial charge in [-0.1, -0.05) is 30.3 Å². The molecule has 3 aromatic rings. The van der Waals surface area contributed by atoms with Crippen LogP contribution in [0.15, 0.2) is 54.6 Å². The first kappa shape index (κ1) is 19.3. The van der Waals surface area contributed by atoms with Crippen LogP contribution >= 0.6 is 0 Å². The summed E-state index contributed by atoms with van der Waals surface area (Å²) < 4.78 is 10.8. The number of hydrogen-bond acceptors (Lipinski definition) is 4. The Hall–Kier alpha value is -3.05. The number of amides is 1. The van der Waals surface area contributed by atoms with Crippen LogP contribution in [0.25, 0.3) is 10.8 Å². The number of fused-ring (bicyclic) bond motifs is 2. The number of anilines is 1. The summed E-state index contributed by atoms with van der Waals surface area (Å²) in [5.41, 5.74) is 3.25. The molecule has 29 heavy (non-hydrogen) atoms. The normalized spacial score (nSPS) is 14.9. The van der Waals surface area contributed by atoms with E-state index in [0.717, 1.165) is 40.9 Å². The summed E-state index contributed by atoms with van der Waals surface area (Å²) in [4.78, 5) is 15.1. The number of carbonyl (C=O) groups excluding carboxylic acids is 1. The Labute approximate surface area is 171 Å². The van der Waals surface area contributed by atoms with Gasteiger partial charge in [0.1, 0.15) is 0 Å². The number of nitrogens with one attached hydrogen (secondary N) is 1. The number of carbonyl (C=O) groups is 1. The van der Waals surface area contributed by atoms with Gasteiger partial charge in [-0.3, -0.25) is 9.69 Å². The highest BCUT2D eigenvalue weighted by Gasteiger charge is 2.26. The van der Waals surface area contributed by atoms with Crippen LogP contribution in [0.4, 0.5) is 5.69 Å². The van der Waals surface area contributed by atoms with Gasteiger partial charge in [0.05, 0.1) is 20.3 Å². The van der Waals surface area contributed by atoms with Crippen molar-refractivity contribution in [1.29, 1.82) is 0 Å². The predicted molar refractivity (Wildman–Crippen MR) is 116 cm³/mol. The highest BCUT2D eigenvalue weighted by molar-refractivity contribution is 5.97. The topological polar surface area (TPSA) is 50.8 Å². The number of methoxy groups -OCH3 is 2. The van der Waals surface area contributed by atoms with Gasteiger partial charge in [0.25, 0.3) is 0 Å². The third-order valence-corrected chi connectivity index (χ3v) is 5.69. The molecule has 1 atom stereocenters. The number of benzene rings is 3. The van der Waals surface area contributed by atoms with Crippen molar-refractivity contribution in [2.45, 2.75) is 25.9 Å². The van der Waals surface area contributed by atoms with Crippen molar-refractivity contribution in [3.8, 4) is 11.5 Å². The summed E-state index contributed by atoms with van der Waals surface area (Å²) >= 11 is 0. The maximum absolute atomic E-state index is 12.9. The van der Waals surface area contributed by atoms with E-state index < -0.39 is 0 Å². The molecular weight excluding hydrogens is 364 g/mol. The number of nitrogens with zero attached hydrogens (tertiary/aromatic N) is 1. The highest BCUT2D eigenvalue weighted by Crippen LogP contribution is 2.33. The Morgan fingerprint density at radius 2 is 1.66 bits per heavy atom. The number of rotatable bonds is 5. The zero-order valence-electron chi connectivity index (χ0n) is 17.1. The third kappa shape index (κ3) is 3.91. The van der Waals surface area contributed by atoms with Gasteiger partial charge < -0.3 is 14.8 Å². The minimum absolute atomic E-state index is 0.00390. The highest BCUT2D eigenvalue weighted by atomic mass is 16.5.